The van der Waals surface area contributed by atoms with Gasteiger partial charge in [0.25, 0.3) is 10.0 Å². The summed E-state index contributed by atoms with van der Waals surface area (Å²) in [5.74, 6) is -0.602. The standard InChI is InChI=1S/C27H27F3N4O4S/c1-2-19-8-3-4-9-20(19)26-21(27(28,29)30)13-14-22(31-26)33-39(37,38)24-11-5-10-23(32-24)34-16-6-7-18(17-34)12-15-25(35)36/h2-5,8-11,13-14,18H,1,6-7,12,15-17H2,(H,31,33)(H,35,36). The van der Waals surface area contributed by atoms with Gasteiger partial charge in [0.15, 0.2) is 5.03 Å². The molecule has 1 atom stereocenters. The lowest BCUT2D eigenvalue weighted by Crippen LogP contribution is -2.36. The molecule has 12 heteroatoms. The first-order valence-corrected chi connectivity index (χ1v) is 13.7. The van der Waals surface area contributed by atoms with Crippen LogP contribution in [0, 0.1) is 5.92 Å². The fourth-order valence-corrected chi connectivity index (χ4v) is 5.56. The quantitative estimate of drug-likeness (QED) is 0.346. The molecule has 1 aliphatic heterocycles. The van der Waals surface area contributed by atoms with Gasteiger partial charge in [-0.15, -0.1) is 0 Å². The Bertz CT molecular complexity index is 1480. The molecule has 8 nitrogen and oxygen atoms in total. The maximum absolute atomic E-state index is 13.8. The Morgan fingerprint density at radius 1 is 1.13 bits per heavy atom. The summed E-state index contributed by atoms with van der Waals surface area (Å²) in [6.45, 7) is 4.83. The molecule has 1 fully saturated rings. The van der Waals surface area contributed by atoms with Crippen molar-refractivity contribution in [1.82, 2.24) is 9.97 Å². The number of hydrogen-bond acceptors (Lipinski definition) is 6. The Hall–Kier alpha value is -3.93. The van der Waals surface area contributed by atoms with Crippen LogP contribution in [0.25, 0.3) is 17.3 Å². The molecule has 1 aromatic carbocycles. The molecule has 1 aliphatic rings. The van der Waals surface area contributed by atoms with Crippen molar-refractivity contribution in [1.29, 1.82) is 0 Å². The van der Waals surface area contributed by atoms with Crippen LogP contribution >= 0.6 is 0 Å². The summed E-state index contributed by atoms with van der Waals surface area (Å²) in [5, 5.41) is 8.66. The van der Waals surface area contributed by atoms with Gasteiger partial charge in [-0.3, -0.25) is 9.52 Å². The van der Waals surface area contributed by atoms with Gasteiger partial charge in [-0.25, -0.2) is 9.97 Å². The van der Waals surface area contributed by atoms with Crippen molar-refractivity contribution in [2.24, 2.45) is 5.92 Å². The van der Waals surface area contributed by atoms with Crippen LogP contribution in [0.5, 0.6) is 0 Å². The van der Waals surface area contributed by atoms with E-state index in [1.54, 1.807) is 24.3 Å². The van der Waals surface area contributed by atoms with Gasteiger partial charge in [0.1, 0.15) is 11.6 Å². The number of benzene rings is 1. The van der Waals surface area contributed by atoms with Gasteiger partial charge < -0.3 is 10.0 Å². The molecule has 0 spiro atoms. The molecule has 0 amide bonds. The smallest absolute Gasteiger partial charge is 0.418 e. The predicted octanol–water partition coefficient (Wildman–Crippen LogP) is 5.69. The molecule has 1 saturated heterocycles. The highest BCUT2D eigenvalue weighted by atomic mass is 32.2. The van der Waals surface area contributed by atoms with Gasteiger partial charge in [-0.05, 0) is 55.0 Å². The first kappa shape index (κ1) is 28.1. The second-order valence-electron chi connectivity index (χ2n) is 9.21. The van der Waals surface area contributed by atoms with Crippen LogP contribution in [-0.4, -0.2) is 42.6 Å². The lowest BCUT2D eigenvalue weighted by Gasteiger charge is -2.33. The van der Waals surface area contributed by atoms with E-state index >= 15 is 0 Å². The topological polar surface area (TPSA) is 112 Å². The largest absolute Gasteiger partial charge is 0.481 e. The van der Waals surface area contributed by atoms with Crippen molar-refractivity contribution in [2.75, 3.05) is 22.7 Å². The van der Waals surface area contributed by atoms with Crippen molar-refractivity contribution >= 4 is 33.7 Å². The minimum absolute atomic E-state index is 0.0592. The molecule has 0 bridgehead atoms. The first-order chi connectivity index (χ1) is 18.5. The number of nitrogens with one attached hydrogen (secondary N) is 1. The lowest BCUT2D eigenvalue weighted by molar-refractivity contribution is -0.138. The fourth-order valence-electron chi connectivity index (χ4n) is 4.60. The zero-order valence-corrected chi connectivity index (χ0v) is 21.7. The zero-order valence-electron chi connectivity index (χ0n) is 20.9. The summed E-state index contributed by atoms with van der Waals surface area (Å²) in [5.41, 5.74) is -0.875. The third-order valence-electron chi connectivity index (χ3n) is 6.47. The van der Waals surface area contributed by atoms with E-state index in [2.05, 4.69) is 21.3 Å². The van der Waals surface area contributed by atoms with Crippen molar-refractivity contribution in [3.05, 3.63) is 72.3 Å². The van der Waals surface area contributed by atoms with Crippen molar-refractivity contribution in [3.63, 3.8) is 0 Å². The average Bonchev–Trinajstić information content (AvgIpc) is 2.91. The van der Waals surface area contributed by atoms with E-state index in [9.17, 15) is 26.4 Å². The third-order valence-corrected chi connectivity index (χ3v) is 7.72. The highest BCUT2D eigenvalue weighted by Crippen LogP contribution is 2.38. The van der Waals surface area contributed by atoms with Gasteiger partial charge in [-0.1, -0.05) is 43.0 Å². The second kappa shape index (κ2) is 11.4. The third kappa shape index (κ3) is 6.75. The molecule has 39 heavy (non-hydrogen) atoms. The van der Waals surface area contributed by atoms with Gasteiger partial charge in [0.05, 0.1) is 11.3 Å². The predicted molar refractivity (Wildman–Crippen MR) is 142 cm³/mol. The van der Waals surface area contributed by atoms with E-state index in [4.69, 9.17) is 5.11 Å². The van der Waals surface area contributed by atoms with Crippen LogP contribution in [0.15, 0.2) is 66.2 Å². The molecule has 4 rings (SSSR count). The molecular weight excluding hydrogens is 533 g/mol. The van der Waals surface area contributed by atoms with E-state index < -0.39 is 33.4 Å². The number of carboxylic acids is 1. The monoisotopic (exact) mass is 560 g/mol. The molecule has 0 aliphatic carbocycles. The maximum Gasteiger partial charge on any atom is 0.418 e. The summed E-state index contributed by atoms with van der Waals surface area (Å²) in [7, 11) is -4.30. The number of aliphatic carboxylic acids is 1. The Morgan fingerprint density at radius 2 is 1.90 bits per heavy atom. The molecule has 0 saturated carbocycles. The Morgan fingerprint density at radius 3 is 2.62 bits per heavy atom. The number of piperidine rings is 1. The fraction of sp³-hybridized carbons (Fsp3) is 0.296. The molecular formula is C27H27F3N4O4S. The number of halogens is 3. The summed E-state index contributed by atoms with van der Waals surface area (Å²) < 4.78 is 70.0. The van der Waals surface area contributed by atoms with Crippen LogP contribution in [0.4, 0.5) is 24.8 Å². The minimum atomic E-state index is -4.72. The van der Waals surface area contributed by atoms with Gasteiger partial charge in [-0.2, -0.15) is 21.6 Å². The zero-order chi connectivity index (χ0) is 28.2. The number of pyridine rings is 2. The second-order valence-corrected chi connectivity index (χ2v) is 10.8. The van der Waals surface area contributed by atoms with Crippen molar-refractivity contribution in [2.45, 2.75) is 36.9 Å². The number of nitrogens with zero attached hydrogens (tertiary/aromatic N) is 3. The maximum atomic E-state index is 13.8. The Labute approximate surface area is 224 Å². The number of rotatable bonds is 9. The minimum Gasteiger partial charge on any atom is -0.481 e. The highest BCUT2D eigenvalue weighted by molar-refractivity contribution is 7.92. The lowest BCUT2D eigenvalue weighted by atomic mass is 9.93. The summed E-state index contributed by atoms with van der Waals surface area (Å²) in [4.78, 5) is 21.2. The van der Waals surface area contributed by atoms with Gasteiger partial charge >= 0.3 is 12.1 Å². The number of carbonyl (C=O) groups is 1. The number of alkyl halides is 3. The molecule has 3 aromatic rings. The molecule has 2 N–H and O–H groups in total. The van der Waals surface area contributed by atoms with E-state index in [1.165, 1.54) is 24.3 Å². The van der Waals surface area contributed by atoms with Crippen LogP contribution in [0.2, 0.25) is 0 Å². The van der Waals surface area contributed by atoms with E-state index in [0.717, 1.165) is 25.0 Å². The molecule has 1 unspecified atom stereocenters. The number of aromatic nitrogens is 2. The Kier molecular flexibility index (Phi) is 8.24. The van der Waals surface area contributed by atoms with E-state index in [1.807, 2.05) is 4.90 Å². The van der Waals surface area contributed by atoms with Gasteiger partial charge in [0.2, 0.25) is 0 Å². The summed E-state index contributed by atoms with van der Waals surface area (Å²) >= 11 is 0. The van der Waals surface area contributed by atoms with E-state index in [-0.39, 0.29) is 28.7 Å². The SMILES string of the molecule is C=Cc1ccccc1-c1nc(NS(=O)(=O)c2cccc(N3CCCC(CCC(=O)O)C3)n2)ccc1C(F)(F)F. The number of carboxylic acid groups (broad SMARTS) is 1. The van der Waals surface area contributed by atoms with Crippen LogP contribution in [0.3, 0.4) is 0 Å². The Balaban J connectivity index is 1.62. The number of sulfonamides is 1. The van der Waals surface area contributed by atoms with Gasteiger partial charge in [0, 0.05) is 25.1 Å². The average molecular weight is 561 g/mol. The molecule has 2 aromatic heterocycles. The summed E-state index contributed by atoms with van der Waals surface area (Å²) in [6.07, 6.45) is -1.06. The molecule has 0 radical (unpaired) electrons. The number of anilines is 2. The van der Waals surface area contributed by atoms with Crippen LogP contribution < -0.4 is 9.62 Å². The highest BCUT2D eigenvalue weighted by Gasteiger charge is 2.35. The van der Waals surface area contributed by atoms with Crippen molar-refractivity contribution in [3.8, 4) is 11.3 Å². The first-order valence-electron chi connectivity index (χ1n) is 12.2. The molecule has 3 heterocycles. The molecule has 206 valence electrons. The van der Waals surface area contributed by atoms with Crippen molar-refractivity contribution < 1.29 is 31.5 Å². The summed E-state index contributed by atoms with van der Waals surface area (Å²) in [6, 6.07) is 12.5. The normalized spacial score (nSPS) is 16.1. The van der Waals surface area contributed by atoms with E-state index in [0.29, 0.717) is 30.9 Å². The number of hydrogen-bond donors (Lipinski definition) is 2. The van der Waals surface area contributed by atoms with Crippen LogP contribution in [-0.2, 0) is 21.0 Å². The van der Waals surface area contributed by atoms with Crippen LogP contribution in [0.1, 0.15) is 36.8 Å².